The number of carbonyl (C=O) groups excluding carboxylic acids is 2. The molecule has 1 aliphatic rings. The summed E-state index contributed by atoms with van der Waals surface area (Å²) in [6, 6.07) is 4.55. The number of likely N-dealkylation sites (tertiary alicyclic amines) is 1. The van der Waals surface area contributed by atoms with E-state index in [2.05, 4.69) is 15.9 Å². The highest BCUT2D eigenvalue weighted by molar-refractivity contribution is 9.10. The predicted octanol–water partition coefficient (Wildman–Crippen LogP) is 2.65. The first-order chi connectivity index (χ1) is 10.0. The minimum atomic E-state index is -0.500. The summed E-state index contributed by atoms with van der Waals surface area (Å²) >= 11 is 9.16. The minimum absolute atomic E-state index is 0.131. The molecule has 0 radical (unpaired) electrons. The molecular formula is C14H15BrClNO4. The molecule has 1 amide bonds. The number of hydrogen-bond donors (Lipinski definition) is 0. The Kier molecular flexibility index (Phi) is 5.47. The molecular weight excluding hydrogens is 362 g/mol. The lowest BCUT2D eigenvalue weighted by atomic mass is 10.2. The molecule has 7 heteroatoms. The molecule has 0 saturated carbocycles. The van der Waals surface area contributed by atoms with E-state index < -0.39 is 6.04 Å². The van der Waals surface area contributed by atoms with Crippen molar-refractivity contribution in [3.63, 3.8) is 0 Å². The summed E-state index contributed by atoms with van der Waals surface area (Å²) in [5.41, 5.74) is 0. The number of amides is 1. The van der Waals surface area contributed by atoms with Crippen molar-refractivity contribution in [3.8, 4) is 5.75 Å². The van der Waals surface area contributed by atoms with Crippen LogP contribution in [-0.2, 0) is 14.3 Å². The lowest BCUT2D eigenvalue weighted by Gasteiger charge is -2.22. The van der Waals surface area contributed by atoms with Gasteiger partial charge in [-0.2, -0.15) is 0 Å². The van der Waals surface area contributed by atoms with Crippen molar-refractivity contribution in [1.82, 2.24) is 4.90 Å². The molecule has 0 unspecified atom stereocenters. The molecule has 1 aromatic carbocycles. The van der Waals surface area contributed by atoms with Crippen molar-refractivity contribution in [2.45, 2.75) is 18.9 Å². The molecule has 1 saturated heterocycles. The van der Waals surface area contributed by atoms with Crippen LogP contribution in [0, 0.1) is 0 Å². The number of hydrogen-bond acceptors (Lipinski definition) is 4. The first kappa shape index (κ1) is 16.1. The molecule has 21 heavy (non-hydrogen) atoms. The average Bonchev–Trinajstić information content (AvgIpc) is 2.94. The Labute approximate surface area is 136 Å². The summed E-state index contributed by atoms with van der Waals surface area (Å²) in [4.78, 5) is 25.3. The van der Waals surface area contributed by atoms with Crippen LogP contribution in [0.4, 0.5) is 0 Å². The minimum Gasteiger partial charge on any atom is -0.483 e. The van der Waals surface area contributed by atoms with Gasteiger partial charge in [-0.1, -0.05) is 11.6 Å². The zero-order chi connectivity index (χ0) is 15.4. The molecule has 1 atom stereocenters. The van der Waals surface area contributed by atoms with Crippen LogP contribution in [-0.4, -0.2) is 43.1 Å². The van der Waals surface area contributed by atoms with Gasteiger partial charge < -0.3 is 14.4 Å². The number of esters is 1. The van der Waals surface area contributed by atoms with Crippen molar-refractivity contribution in [3.05, 3.63) is 27.7 Å². The van der Waals surface area contributed by atoms with Gasteiger partial charge in [0.1, 0.15) is 11.8 Å². The average molecular weight is 377 g/mol. The lowest BCUT2D eigenvalue weighted by molar-refractivity contribution is -0.151. The largest absolute Gasteiger partial charge is 0.483 e. The van der Waals surface area contributed by atoms with Crippen molar-refractivity contribution < 1.29 is 19.1 Å². The number of methoxy groups -OCH3 is 1. The quantitative estimate of drug-likeness (QED) is 0.758. The SMILES string of the molecule is COC(=O)[C@@H]1CCCN1C(=O)COc1ccc(Cl)cc1Br. The Morgan fingerprint density at radius 3 is 2.90 bits per heavy atom. The van der Waals surface area contributed by atoms with Gasteiger partial charge in [0.15, 0.2) is 6.61 Å². The van der Waals surface area contributed by atoms with Gasteiger partial charge in [0, 0.05) is 11.6 Å². The highest BCUT2D eigenvalue weighted by atomic mass is 79.9. The van der Waals surface area contributed by atoms with Crippen LogP contribution in [0.2, 0.25) is 5.02 Å². The molecule has 1 fully saturated rings. The maximum absolute atomic E-state index is 12.2. The molecule has 0 N–H and O–H groups in total. The second-order valence-electron chi connectivity index (χ2n) is 4.63. The summed E-state index contributed by atoms with van der Waals surface area (Å²) in [6.45, 7) is 0.414. The van der Waals surface area contributed by atoms with E-state index in [1.165, 1.54) is 12.0 Å². The third kappa shape index (κ3) is 3.89. The summed E-state index contributed by atoms with van der Waals surface area (Å²) < 4.78 is 10.9. The van der Waals surface area contributed by atoms with Gasteiger partial charge in [0.05, 0.1) is 11.6 Å². The zero-order valence-corrected chi connectivity index (χ0v) is 13.8. The Balaban J connectivity index is 1.96. The fraction of sp³-hybridized carbons (Fsp3) is 0.429. The van der Waals surface area contributed by atoms with Gasteiger partial charge in [-0.05, 0) is 47.0 Å². The number of ether oxygens (including phenoxy) is 2. The number of carbonyl (C=O) groups is 2. The standard InChI is InChI=1S/C14H15BrClNO4/c1-20-14(19)11-3-2-6-17(11)13(18)8-21-12-5-4-9(16)7-10(12)15/h4-5,7,11H,2-3,6,8H2,1H3/t11-/m0/s1. The maximum atomic E-state index is 12.2. The van der Waals surface area contributed by atoms with E-state index in [0.717, 1.165) is 6.42 Å². The van der Waals surface area contributed by atoms with E-state index in [-0.39, 0.29) is 18.5 Å². The van der Waals surface area contributed by atoms with Gasteiger partial charge >= 0.3 is 5.97 Å². The van der Waals surface area contributed by atoms with E-state index in [1.54, 1.807) is 18.2 Å². The van der Waals surface area contributed by atoms with E-state index >= 15 is 0 Å². The molecule has 5 nitrogen and oxygen atoms in total. The Morgan fingerprint density at radius 2 is 2.24 bits per heavy atom. The van der Waals surface area contributed by atoms with Crippen molar-refractivity contribution in [2.75, 3.05) is 20.3 Å². The van der Waals surface area contributed by atoms with Gasteiger partial charge in [0.2, 0.25) is 0 Å². The smallest absolute Gasteiger partial charge is 0.328 e. The van der Waals surface area contributed by atoms with Crippen LogP contribution in [0.25, 0.3) is 0 Å². The van der Waals surface area contributed by atoms with E-state index in [4.69, 9.17) is 21.1 Å². The molecule has 0 aromatic heterocycles. The predicted molar refractivity (Wildman–Crippen MR) is 81.4 cm³/mol. The molecule has 2 rings (SSSR count). The fourth-order valence-electron chi connectivity index (χ4n) is 2.26. The fourth-order valence-corrected chi connectivity index (χ4v) is 3.06. The summed E-state index contributed by atoms with van der Waals surface area (Å²) in [5, 5.41) is 0.575. The van der Waals surface area contributed by atoms with Crippen LogP contribution >= 0.6 is 27.5 Å². The topological polar surface area (TPSA) is 55.8 Å². The first-order valence-corrected chi connectivity index (χ1v) is 7.65. The van der Waals surface area contributed by atoms with Gasteiger partial charge in [-0.15, -0.1) is 0 Å². The summed E-state index contributed by atoms with van der Waals surface area (Å²) in [6.07, 6.45) is 1.42. The Bertz CT molecular complexity index is 552. The van der Waals surface area contributed by atoms with Gasteiger partial charge in [-0.3, -0.25) is 4.79 Å². The molecule has 114 valence electrons. The van der Waals surface area contributed by atoms with Gasteiger partial charge in [0.25, 0.3) is 5.91 Å². The van der Waals surface area contributed by atoms with Crippen molar-refractivity contribution in [2.24, 2.45) is 0 Å². The number of rotatable bonds is 4. The highest BCUT2D eigenvalue weighted by Crippen LogP contribution is 2.28. The highest BCUT2D eigenvalue weighted by Gasteiger charge is 2.34. The van der Waals surface area contributed by atoms with E-state index in [1.807, 2.05) is 0 Å². The molecule has 1 heterocycles. The lowest BCUT2D eigenvalue weighted by Crippen LogP contribution is -2.43. The van der Waals surface area contributed by atoms with Crippen LogP contribution in [0.15, 0.2) is 22.7 Å². The number of halogens is 2. The Morgan fingerprint density at radius 1 is 1.48 bits per heavy atom. The zero-order valence-electron chi connectivity index (χ0n) is 11.5. The monoisotopic (exact) mass is 375 g/mol. The third-order valence-electron chi connectivity index (χ3n) is 3.29. The number of benzene rings is 1. The number of nitrogens with zero attached hydrogens (tertiary/aromatic N) is 1. The van der Waals surface area contributed by atoms with Crippen LogP contribution in [0.5, 0.6) is 5.75 Å². The second-order valence-corrected chi connectivity index (χ2v) is 5.92. The Hall–Kier alpha value is -1.27. The van der Waals surface area contributed by atoms with Crippen molar-refractivity contribution >= 4 is 39.4 Å². The van der Waals surface area contributed by atoms with Crippen molar-refractivity contribution in [1.29, 1.82) is 0 Å². The summed E-state index contributed by atoms with van der Waals surface area (Å²) in [5.74, 6) is -0.0835. The molecule has 1 aromatic rings. The normalized spacial score (nSPS) is 17.7. The molecule has 1 aliphatic heterocycles. The summed E-state index contributed by atoms with van der Waals surface area (Å²) in [7, 11) is 1.32. The second kappa shape index (κ2) is 7.13. The van der Waals surface area contributed by atoms with Crippen LogP contribution in [0.3, 0.4) is 0 Å². The molecule has 0 bridgehead atoms. The molecule has 0 aliphatic carbocycles. The van der Waals surface area contributed by atoms with Crippen LogP contribution < -0.4 is 4.74 Å². The first-order valence-electron chi connectivity index (χ1n) is 6.48. The molecule has 0 spiro atoms. The van der Waals surface area contributed by atoms with E-state index in [0.29, 0.717) is 28.2 Å². The maximum Gasteiger partial charge on any atom is 0.328 e. The van der Waals surface area contributed by atoms with Crippen LogP contribution in [0.1, 0.15) is 12.8 Å². The van der Waals surface area contributed by atoms with Gasteiger partial charge in [-0.25, -0.2) is 4.79 Å². The van der Waals surface area contributed by atoms with E-state index in [9.17, 15) is 9.59 Å². The third-order valence-corrected chi connectivity index (χ3v) is 4.15.